The molecule has 1 saturated heterocycles. The van der Waals surface area contributed by atoms with Gasteiger partial charge in [0.05, 0.1) is 5.88 Å². The molecule has 0 aliphatic carbocycles. The lowest BCUT2D eigenvalue weighted by Gasteiger charge is -2.23. The second-order valence-electron chi connectivity index (χ2n) is 6.21. The van der Waals surface area contributed by atoms with Crippen molar-refractivity contribution in [3.63, 3.8) is 0 Å². The lowest BCUT2D eigenvalue weighted by molar-refractivity contribution is -0.138. The molecule has 1 aliphatic heterocycles. The number of aromatic nitrogens is 1. The maximum atomic E-state index is 12.4. The Balaban J connectivity index is 1.82. The van der Waals surface area contributed by atoms with E-state index in [2.05, 4.69) is 24.1 Å². The Hall–Kier alpha value is -1.56. The van der Waals surface area contributed by atoms with Gasteiger partial charge in [0.2, 0.25) is 11.8 Å². The summed E-state index contributed by atoms with van der Waals surface area (Å²) in [7, 11) is 0. The van der Waals surface area contributed by atoms with Crippen LogP contribution in [0.1, 0.15) is 32.3 Å². The number of amides is 2. The molecule has 1 aliphatic rings. The Kier molecular flexibility index (Phi) is 6.89. The van der Waals surface area contributed by atoms with Crippen LogP contribution in [0, 0.1) is 5.92 Å². The zero-order valence-electron chi connectivity index (χ0n) is 13.8. The van der Waals surface area contributed by atoms with Gasteiger partial charge in [-0.3, -0.25) is 14.6 Å². The summed E-state index contributed by atoms with van der Waals surface area (Å²) in [5.74, 6) is 1.87. The highest BCUT2D eigenvalue weighted by Gasteiger charge is 2.34. The minimum atomic E-state index is -0.325. The third-order valence-electron chi connectivity index (χ3n) is 3.88. The molecule has 1 fully saturated rings. The zero-order chi connectivity index (χ0) is 16.7. The second-order valence-corrected chi connectivity index (χ2v) is 7.21. The fourth-order valence-electron chi connectivity index (χ4n) is 2.45. The standard InChI is InChI=1S/C17H25N3O2S/c1-13(2)7-9-19-17(22)15-11-23-12-20(15)16(21)6-5-14-4-3-8-18-10-14/h3-4,8,10,13,15H,5-7,9,11-12H2,1-2H3,(H,19,22)/t15-/m1/s1. The Bertz CT molecular complexity index is 522. The van der Waals surface area contributed by atoms with E-state index >= 15 is 0 Å². The van der Waals surface area contributed by atoms with Crippen molar-refractivity contribution in [3.05, 3.63) is 30.1 Å². The van der Waals surface area contributed by atoms with Crippen LogP contribution < -0.4 is 5.32 Å². The SMILES string of the molecule is CC(C)CCNC(=O)[C@H]1CSCN1C(=O)CCc1cccnc1. The summed E-state index contributed by atoms with van der Waals surface area (Å²) < 4.78 is 0. The van der Waals surface area contributed by atoms with Crippen molar-refractivity contribution < 1.29 is 9.59 Å². The molecule has 1 aromatic heterocycles. The number of carbonyl (C=O) groups is 2. The molecule has 5 nitrogen and oxygen atoms in total. The number of carbonyl (C=O) groups excluding carboxylic acids is 2. The van der Waals surface area contributed by atoms with Gasteiger partial charge in [0.15, 0.2) is 0 Å². The van der Waals surface area contributed by atoms with Gasteiger partial charge >= 0.3 is 0 Å². The van der Waals surface area contributed by atoms with Gasteiger partial charge in [0.1, 0.15) is 6.04 Å². The molecule has 0 aromatic carbocycles. The van der Waals surface area contributed by atoms with E-state index in [0.29, 0.717) is 36.9 Å². The highest BCUT2D eigenvalue weighted by Crippen LogP contribution is 2.22. The first-order valence-corrected chi connectivity index (χ1v) is 9.27. The molecular formula is C17H25N3O2S. The molecule has 1 aromatic rings. The highest BCUT2D eigenvalue weighted by atomic mass is 32.2. The molecule has 0 unspecified atom stereocenters. The predicted molar refractivity (Wildman–Crippen MR) is 93.0 cm³/mol. The van der Waals surface area contributed by atoms with Crippen LogP contribution in [0.25, 0.3) is 0 Å². The van der Waals surface area contributed by atoms with Crippen molar-refractivity contribution in [1.29, 1.82) is 0 Å². The van der Waals surface area contributed by atoms with Crippen LogP contribution in [0.4, 0.5) is 0 Å². The maximum absolute atomic E-state index is 12.4. The van der Waals surface area contributed by atoms with Crippen LogP contribution >= 0.6 is 11.8 Å². The van der Waals surface area contributed by atoms with E-state index in [1.807, 2.05) is 12.1 Å². The van der Waals surface area contributed by atoms with Crippen LogP contribution in [-0.4, -0.2) is 45.9 Å². The summed E-state index contributed by atoms with van der Waals surface area (Å²) >= 11 is 1.64. The summed E-state index contributed by atoms with van der Waals surface area (Å²) in [4.78, 5) is 30.5. The first-order chi connectivity index (χ1) is 11.1. The number of rotatable bonds is 7. The zero-order valence-corrected chi connectivity index (χ0v) is 14.6. The maximum Gasteiger partial charge on any atom is 0.243 e. The third-order valence-corrected chi connectivity index (χ3v) is 4.89. The van der Waals surface area contributed by atoms with Crippen LogP contribution in [0.15, 0.2) is 24.5 Å². The van der Waals surface area contributed by atoms with E-state index in [1.165, 1.54) is 0 Å². The molecule has 0 spiro atoms. The van der Waals surface area contributed by atoms with E-state index in [9.17, 15) is 9.59 Å². The van der Waals surface area contributed by atoms with Crippen LogP contribution in [0.3, 0.4) is 0 Å². The Morgan fingerprint density at radius 2 is 2.30 bits per heavy atom. The van der Waals surface area contributed by atoms with Crippen molar-refractivity contribution in [1.82, 2.24) is 15.2 Å². The van der Waals surface area contributed by atoms with E-state index in [-0.39, 0.29) is 17.9 Å². The van der Waals surface area contributed by atoms with Crippen molar-refractivity contribution in [2.75, 3.05) is 18.2 Å². The van der Waals surface area contributed by atoms with Crippen LogP contribution in [0.2, 0.25) is 0 Å². The van der Waals surface area contributed by atoms with Gasteiger partial charge in [-0.1, -0.05) is 19.9 Å². The summed E-state index contributed by atoms with van der Waals surface area (Å²) in [5, 5.41) is 2.96. The van der Waals surface area contributed by atoms with E-state index in [1.54, 1.807) is 29.1 Å². The third kappa shape index (κ3) is 5.53. The topological polar surface area (TPSA) is 62.3 Å². The Morgan fingerprint density at radius 1 is 1.48 bits per heavy atom. The van der Waals surface area contributed by atoms with Crippen LogP contribution in [-0.2, 0) is 16.0 Å². The first-order valence-electron chi connectivity index (χ1n) is 8.11. The molecule has 0 radical (unpaired) electrons. The second kappa shape index (κ2) is 8.91. The van der Waals surface area contributed by atoms with Crippen molar-refractivity contribution in [2.45, 2.75) is 39.2 Å². The minimum absolute atomic E-state index is 0.0228. The number of pyridine rings is 1. The number of nitrogens with one attached hydrogen (secondary N) is 1. The van der Waals surface area contributed by atoms with Crippen molar-refractivity contribution in [2.24, 2.45) is 5.92 Å². The van der Waals surface area contributed by atoms with Gasteiger partial charge in [-0.15, -0.1) is 11.8 Å². The highest BCUT2D eigenvalue weighted by molar-refractivity contribution is 7.99. The Labute approximate surface area is 142 Å². The van der Waals surface area contributed by atoms with Gasteiger partial charge in [0.25, 0.3) is 0 Å². The number of nitrogens with zero attached hydrogens (tertiary/aromatic N) is 2. The molecule has 1 atom stereocenters. The molecule has 0 saturated carbocycles. The fourth-order valence-corrected chi connectivity index (χ4v) is 3.63. The van der Waals surface area contributed by atoms with Gasteiger partial charge in [-0.25, -0.2) is 0 Å². The lowest BCUT2D eigenvalue weighted by atomic mass is 10.1. The van der Waals surface area contributed by atoms with Crippen molar-refractivity contribution in [3.8, 4) is 0 Å². The normalized spacial score (nSPS) is 17.5. The molecule has 23 heavy (non-hydrogen) atoms. The van der Waals surface area contributed by atoms with E-state index < -0.39 is 0 Å². The number of hydrogen-bond donors (Lipinski definition) is 1. The van der Waals surface area contributed by atoms with E-state index in [4.69, 9.17) is 0 Å². The van der Waals surface area contributed by atoms with Crippen LogP contribution in [0.5, 0.6) is 0 Å². The van der Waals surface area contributed by atoms with Gasteiger partial charge in [0, 0.05) is 31.1 Å². The smallest absolute Gasteiger partial charge is 0.243 e. The quantitative estimate of drug-likeness (QED) is 0.829. The van der Waals surface area contributed by atoms with E-state index in [0.717, 1.165) is 12.0 Å². The van der Waals surface area contributed by atoms with Gasteiger partial charge < -0.3 is 10.2 Å². The summed E-state index contributed by atoms with van der Waals surface area (Å²) in [5.41, 5.74) is 1.05. The Morgan fingerprint density at radius 3 is 3.00 bits per heavy atom. The van der Waals surface area contributed by atoms with Gasteiger partial charge in [-0.2, -0.15) is 0 Å². The summed E-state index contributed by atoms with van der Waals surface area (Å²) in [6, 6.07) is 3.51. The van der Waals surface area contributed by atoms with Gasteiger partial charge in [-0.05, 0) is 30.4 Å². The molecule has 126 valence electrons. The summed E-state index contributed by atoms with van der Waals surface area (Å²) in [6.45, 7) is 4.94. The number of hydrogen-bond acceptors (Lipinski definition) is 4. The molecule has 2 rings (SSSR count). The molecular weight excluding hydrogens is 310 g/mol. The minimum Gasteiger partial charge on any atom is -0.354 e. The first kappa shape index (κ1) is 17.8. The lowest BCUT2D eigenvalue weighted by Crippen LogP contribution is -2.47. The molecule has 0 bridgehead atoms. The monoisotopic (exact) mass is 335 g/mol. The largest absolute Gasteiger partial charge is 0.354 e. The average Bonchev–Trinajstić information content (AvgIpc) is 3.03. The molecule has 6 heteroatoms. The summed E-state index contributed by atoms with van der Waals surface area (Å²) in [6.07, 6.45) is 5.54. The molecule has 2 amide bonds. The number of thioether (sulfide) groups is 1. The molecule has 2 heterocycles. The fraction of sp³-hybridized carbons (Fsp3) is 0.588. The molecule has 1 N–H and O–H groups in total. The number of aryl methyl sites for hydroxylation is 1. The van der Waals surface area contributed by atoms with Crippen molar-refractivity contribution >= 4 is 23.6 Å². The average molecular weight is 335 g/mol. The predicted octanol–water partition coefficient (Wildman–Crippen LogP) is 2.08.